The number of methoxy groups -OCH3 is 1. The second-order valence-corrected chi connectivity index (χ2v) is 18.6. The number of β-amino-alcohol motifs (C(OH)–C–C–N with tert-alkyl or cyclic N) is 1. The maximum absolute atomic E-state index is 14.3. The van der Waals surface area contributed by atoms with Gasteiger partial charge < -0.3 is 40.1 Å². The first-order valence-corrected chi connectivity index (χ1v) is 22.6. The molecule has 3 amide bonds. The molecule has 7 atom stereocenters. The van der Waals surface area contributed by atoms with Crippen molar-refractivity contribution in [2.75, 3.05) is 37.0 Å². The fourth-order valence-corrected chi connectivity index (χ4v) is 9.26. The normalized spacial score (nSPS) is 20.4. The number of rotatable bonds is 15. The standard InChI is InChI=1S/C47H59N9O7S/c1-27-21-34(18-20-55(27)32-15-16-37(40(22-32)62-7)52-44(59)38-10-8-9-35(51-38)36-17-19-49-54-36)63-25-41(58)53-43(47(4,5)6)46(61)56-24-33(57)23-39(56)45(60)50-28(2)30-11-13-31(14-12-30)42-29(3)48-26-64-42/h8-17,19,22,26-28,33-34,39,41,43,53,57-58H,18,20-21,23-25H2,1-7H3,(H,49,54)(H,50,60)(H,52,59)/t27-,28-,33-,34-,39-,41?,43+/m0/s1. The van der Waals surface area contributed by atoms with Crippen LogP contribution in [0.15, 0.2) is 78.4 Å². The van der Waals surface area contributed by atoms with Gasteiger partial charge in [-0.05, 0) is 80.5 Å². The van der Waals surface area contributed by atoms with Crippen LogP contribution in [0.3, 0.4) is 0 Å². The predicted octanol–water partition coefficient (Wildman–Crippen LogP) is 5.70. The van der Waals surface area contributed by atoms with Crippen LogP contribution in [-0.4, -0.2) is 116 Å². The van der Waals surface area contributed by atoms with E-state index >= 15 is 0 Å². The summed E-state index contributed by atoms with van der Waals surface area (Å²) in [5, 5.41) is 37.9. The Morgan fingerprint density at radius 1 is 1.06 bits per heavy atom. The topological polar surface area (TPSA) is 207 Å². The summed E-state index contributed by atoms with van der Waals surface area (Å²) in [6.45, 7) is 12.3. The van der Waals surface area contributed by atoms with Crippen molar-refractivity contribution in [3.63, 3.8) is 0 Å². The van der Waals surface area contributed by atoms with E-state index < -0.39 is 29.8 Å². The molecule has 0 radical (unpaired) electrons. The number of piperidine rings is 1. The van der Waals surface area contributed by atoms with Crippen LogP contribution < -0.4 is 25.6 Å². The van der Waals surface area contributed by atoms with Gasteiger partial charge >= 0.3 is 0 Å². The van der Waals surface area contributed by atoms with Crippen LogP contribution in [0.1, 0.15) is 81.7 Å². The van der Waals surface area contributed by atoms with Crippen LogP contribution in [0, 0.1) is 12.3 Å². The van der Waals surface area contributed by atoms with Crippen LogP contribution in [0.5, 0.6) is 5.75 Å². The van der Waals surface area contributed by atoms with Crippen LogP contribution in [-0.2, 0) is 14.3 Å². The second kappa shape index (κ2) is 20.0. The fourth-order valence-electron chi connectivity index (χ4n) is 8.45. The molecule has 0 spiro atoms. The van der Waals surface area contributed by atoms with Gasteiger partial charge in [-0.15, -0.1) is 11.3 Å². The molecule has 2 aromatic carbocycles. The zero-order chi connectivity index (χ0) is 45.7. The van der Waals surface area contributed by atoms with Crippen LogP contribution in [0.2, 0.25) is 0 Å². The van der Waals surface area contributed by atoms with Gasteiger partial charge in [0.2, 0.25) is 11.8 Å². The lowest BCUT2D eigenvalue weighted by Crippen LogP contribution is -2.59. The van der Waals surface area contributed by atoms with E-state index in [2.05, 4.69) is 47.9 Å². The number of carbonyl (C=O) groups is 3. The maximum atomic E-state index is 14.3. The number of hydrogen-bond donors (Lipinski definition) is 6. The van der Waals surface area contributed by atoms with Crippen LogP contribution in [0.25, 0.3) is 21.8 Å². The Morgan fingerprint density at radius 2 is 1.84 bits per heavy atom. The van der Waals surface area contributed by atoms with Gasteiger partial charge in [-0.2, -0.15) is 5.10 Å². The van der Waals surface area contributed by atoms with Gasteiger partial charge in [-0.1, -0.05) is 51.1 Å². The number of carbonyl (C=O) groups excluding carboxylic acids is 3. The van der Waals surface area contributed by atoms with Crippen molar-refractivity contribution >= 4 is 40.4 Å². The highest BCUT2D eigenvalue weighted by molar-refractivity contribution is 7.13. The summed E-state index contributed by atoms with van der Waals surface area (Å²) < 4.78 is 11.9. The fraction of sp³-hybridized carbons (Fsp3) is 0.447. The summed E-state index contributed by atoms with van der Waals surface area (Å²) in [5.41, 5.74) is 7.10. The number of hydrogen-bond acceptors (Lipinski definition) is 13. The summed E-state index contributed by atoms with van der Waals surface area (Å²) in [7, 11) is 1.56. The largest absolute Gasteiger partial charge is 0.494 e. The first-order chi connectivity index (χ1) is 30.6. The Kier molecular flexibility index (Phi) is 14.5. The number of H-pyrrole nitrogens is 1. The summed E-state index contributed by atoms with van der Waals surface area (Å²) >= 11 is 1.58. The molecule has 340 valence electrons. The molecule has 3 aromatic heterocycles. The minimum Gasteiger partial charge on any atom is -0.494 e. The van der Waals surface area contributed by atoms with E-state index in [1.54, 1.807) is 48.9 Å². The number of pyridine rings is 1. The first kappa shape index (κ1) is 46.3. The molecule has 1 unspecified atom stereocenters. The highest BCUT2D eigenvalue weighted by atomic mass is 32.1. The van der Waals surface area contributed by atoms with E-state index in [4.69, 9.17) is 9.47 Å². The van der Waals surface area contributed by atoms with Crippen molar-refractivity contribution in [1.29, 1.82) is 0 Å². The number of aliphatic hydroxyl groups is 2. The highest BCUT2D eigenvalue weighted by Gasteiger charge is 2.45. The molecule has 2 aliphatic rings. The Morgan fingerprint density at radius 3 is 2.52 bits per heavy atom. The minimum atomic E-state index is -1.17. The lowest BCUT2D eigenvalue weighted by Gasteiger charge is -2.40. The number of thiazole rings is 1. The van der Waals surface area contributed by atoms with Gasteiger partial charge in [0.05, 0.1) is 71.2 Å². The van der Waals surface area contributed by atoms with Crippen molar-refractivity contribution in [1.82, 2.24) is 35.7 Å². The molecular weight excluding hydrogens is 835 g/mol. The van der Waals surface area contributed by atoms with Gasteiger partial charge in [-0.25, -0.2) is 9.97 Å². The van der Waals surface area contributed by atoms with Gasteiger partial charge in [0.25, 0.3) is 5.91 Å². The summed E-state index contributed by atoms with van der Waals surface area (Å²) in [4.78, 5) is 54.8. The zero-order valence-electron chi connectivity index (χ0n) is 37.4. The number of aromatic nitrogens is 4. The number of aryl methyl sites for hydroxylation is 1. The third-order valence-electron chi connectivity index (χ3n) is 12.0. The van der Waals surface area contributed by atoms with E-state index in [1.807, 2.05) is 82.6 Å². The van der Waals surface area contributed by atoms with Crippen molar-refractivity contribution < 1.29 is 34.1 Å². The average molecular weight is 894 g/mol. The monoisotopic (exact) mass is 893 g/mol. The Balaban J connectivity index is 0.912. The smallest absolute Gasteiger partial charge is 0.274 e. The van der Waals surface area contributed by atoms with Crippen LogP contribution >= 0.6 is 11.3 Å². The van der Waals surface area contributed by atoms with Crippen molar-refractivity contribution in [3.05, 3.63) is 95.4 Å². The van der Waals surface area contributed by atoms with Crippen molar-refractivity contribution in [2.45, 2.75) is 103 Å². The predicted molar refractivity (Wildman–Crippen MR) is 246 cm³/mol. The van der Waals surface area contributed by atoms with E-state index in [0.29, 0.717) is 42.2 Å². The maximum Gasteiger partial charge on any atom is 0.274 e. The number of anilines is 2. The van der Waals surface area contributed by atoms with Gasteiger partial charge in [0, 0.05) is 43.5 Å². The number of benzene rings is 2. The summed E-state index contributed by atoms with van der Waals surface area (Å²) in [5.74, 6) is -0.590. The number of nitrogens with zero attached hydrogens (tertiary/aromatic N) is 5. The molecule has 0 bridgehead atoms. The third kappa shape index (κ3) is 10.8. The number of ether oxygens (including phenoxy) is 2. The molecule has 2 fully saturated rings. The van der Waals surface area contributed by atoms with Gasteiger partial charge in [-0.3, -0.25) is 24.8 Å². The van der Waals surface area contributed by atoms with Crippen molar-refractivity contribution in [3.8, 4) is 27.6 Å². The van der Waals surface area contributed by atoms with Gasteiger partial charge in [0.15, 0.2) is 0 Å². The molecule has 0 saturated carbocycles. The Labute approximate surface area is 377 Å². The van der Waals surface area contributed by atoms with Gasteiger partial charge in [0.1, 0.15) is 23.7 Å². The zero-order valence-corrected chi connectivity index (χ0v) is 38.2. The second-order valence-electron chi connectivity index (χ2n) is 17.7. The van der Waals surface area contributed by atoms with E-state index in [-0.39, 0.29) is 61.2 Å². The number of amides is 3. The average Bonchev–Trinajstić information content (AvgIpc) is 4.07. The summed E-state index contributed by atoms with van der Waals surface area (Å²) in [6.07, 6.45) is 0.932. The van der Waals surface area contributed by atoms with Crippen LogP contribution in [0.4, 0.5) is 11.4 Å². The molecule has 6 N–H and O–H groups in total. The van der Waals surface area contributed by atoms with E-state index in [1.165, 1.54) is 4.90 Å². The number of nitrogens with one attached hydrogen (secondary N) is 4. The van der Waals surface area contributed by atoms with E-state index in [0.717, 1.165) is 27.4 Å². The highest BCUT2D eigenvalue weighted by Crippen LogP contribution is 2.35. The number of aromatic amines is 1. The van der Waals surface area contributed by atoms with E-state index in [9.17, 15) is 24.6 Å². The Bertz CT molecular complexity index is 2390. The molecule has 0 aliphatic carbocycles. The molecule has 2 aliphatic heterocycles. The molecular formula is C47H59N9O7S. The molecule has 5 aromatic rings. The lowest BCUT2D eigenvalue weighted by atomic mass is 9.85. The minimum absolute atomic E-state index is 0.00791. The molecule has 64 heavy (non-hydrogen) atoms. The molecule has 7 rings (SSSR count). The number of likely N-dealkylation sites (tertiary alicyclic amines) is 1. The molecule has 2 saturated heterocycles. The van der Waals surface area contributed by atoms with Crippen molar-refractivity contribution in [2.24, 2.45) is 5.41 Å². The third-order valence-corrected chi connectivity index (χ3v) is 12.9. The molecule has 5 heterocycles. The molecule has 16 nitrogen and oxygen atoms in total. The quantitative estimate of drug-likeness (QED) is 0.0701. The first-order valence-electron chi connectivity index (χ1n) is 21.7. The molecule has 17 heteroatoms. The lowest BCUT2D eigenvalue weighted by molar-refractivity contribution is -0.144. The number of aliphatic hydroxyl groups excluding tert-OH is 2. The summed E-state index contributed by atoms with van der Waals surface area (Å²) in [6, 6.07) is 18.6. The Hall–Kier alpha value is -5.72. The SMILES string of the molecule is COc1cc(N2CC[C@H](OCC(O)N[C@H](C(=O)N3C[C@@H](O)C[C@H]3C(=O)N[C@@H](C)c3ccc(-c4scnc4C)cc3)C(C)(C)C)C[C@@H]2C)ccc1NC(=O)c1cccc(-c2ccn[nH]2)n1.